The van der Waals surface area contributed by atoms with Crippen molar-refractivity contribution >= 4 is 34.1 Å². The molecule has 1 aliphatic carbocycles. The van der Waals surface area contributed by atoms with Crippen LogP contribution < -0.4 is 10.6 Å². The molecule has 2 amide bonds. The largest absolute Gasteiger partial charge is 0.417 e. The van der Waals surface area contributed by atoms with Gasteiger partial charge in [-0.1, -0.05) is 6.07 Å². The van der Waals surface area contributed by atoms with Crippen LogP contribution in [0.1, 0.15) is 28.9 Å². The average Bonchev–Trinajstić information content (AvgIpc) is 3.58. The number of nitrogens with zero attached hydrogens (tertiary/aromatic N) is 3. The minimum absolute atomic E-state index is 0.0143. The fraction of sp³-hybridized carbons (Fsp3) is 0.174. The SMILES string of the molecule is O=C(Nc1cncc(C(F)(F)F)c1)c1n[nH]c2ccc(-c3cncc(NC(=O)C4CC4)c3)cc12. The molecule has 3 N–H and O–H groups in total. The lowest BCUT2D eigenvalue weighted by Gasteiger charge is -2.09. The topological polar surface area (TPSA) is 113 Å². The number of halogens is 3. The molecule has 0 aliphatic heterocycles. The Kier molecular flexibility index (Phi) is 5.23. The summed E-state index contributed by atoms with van der Waals surface area (Å²) in [5, 5.41) is 12.5. The molecule has 8 nitrogen and oxygen atoms in total. The minimum Gasteiger partial charge on any atom is -0.324 e. The smallest absolute Gasteiger partial charge is 0.324 e. The second kappa shape index (κ2) is 8.25. The van der Waals surface area contributed by atoms with E-state index in [2.05, 4.69) is 30.8 Å². The zero-order valence-electron chi connectivity index (χ0n) is 17.5. The lowest BCUT2D eigenvalue weighted by molar-refractivity contribution is -0.137. The molecule has 0 atom stereocenters. The van der Waals surface area contributed by atoms with Gasteiger partial charge in [-0.15, -0.1) is 0 Å². The molecule has 172 valence electrons. The Bertz CT molecular complexity index is 1410. The molecule has 11 heteroatoms. The zero-order valence-corrected chi connectivity index (χ0v) is 17.5. The lowest BCUT2D eigenvalue weighted by Crippen LogP contribution is -2.14. The van der Waals surface area contributed by atoms with Crippen LogP contribution in [0.25, 0.3) is 22.0 Å². The van der Waals surface area contributed by atoms with Crippen molar-refractivity contribution in [3.8, 4) is 11.1 Å². The molecule has 0 spiro atoms. The number of hydrogen-bond acceptors (Lipinski definition) is 5. The van der Waals surface area contributed by atoms with Gasteiger partial charge in [-0.3, -0.25) is 24.7 Å². The van der Waals surface area contributed by atoms with Crippen molar-refractivity contribution in [1.29, 1.82) is 0 Å². The number of carbonyl (C=O) groups excluding carboxylic acids is 2. The van der Waals surface area contributed by atoms with E-state index in [1.807, 2.05) is 6.07 Å². The number of hydrogen-bond donors (Lipinski definition) is 3. The monoisotopic (exact) mass is 466 g/mol. The van der Waals surface area contributed by atoms with Crippen molar-refractivity contribution in [1.82, 2.24) is 20.2 Å². The number of anilines is 2. The summed E-state index contributed by atoms with van der Waals surface area (Å²) in [5.41, 5.74) is 1.51. The molecule has 1 aliphatic rings. The summed E-state index contributed by atoms with van der Waals surface area (Å²) in [6, 6.07) is 7.85. The molecule has 1 aromatic carbocycles. The molecule has 3 aromatic heterocycles. The van der Waals surface area contributed by atoms with Gasteiger partial charge in [0, 0.05) is 29.3 Å². The van der Waals surface area contributed by atoms with Crippen LogP contribution in [0.3, 0.4) is 0 Å². The number of rotatable bonds is 5. The number of H-pyrrole nitrogens is 1. The molecule has 0 radical (unpaired) electrons. The Hall–Kier alpha value is -4.28. The molecule has 4 aromatic rings. The summed E-state index contributed by atoms with van der Waals surface area (Å²) in [4.78, 5) is 32.6. The van der Waals surface area contributed by atoms with E-state index < -0.39 is 17.6 Å². The highest BCUT2D eigenvalue weighted by Gasteiger charge is 2.31. The molecule has 0 saturated heterocycles. The summed E-state index contributed by atoms with van der Waals surface area (Å²) in [5.74, 6) is -0.667. The van der Waals surface area contributed by atoms with Crippen molar-refractivity contribution in [2.45, 2.75) is 19.0 Å². The third-order valence-electron chi connectivity index (χ3n) is 5.39. The van der Waals surface area contributed by atoms with Crippen molar-refractivity contribution < 1.29 is 22.8 Å². The Balaban J connectivity index is 1.41. The van der Waals surface area contributed by atoms with E-state index in [0.717, 1.165) is 30.7 Å². The van der Waals surface area contributed by atoms with Crippen LogP contribution in [-0.2, 0) is 11.0 Å². The first kappa shape index (κ1) is 21.6. The van der Waals surface area contributed by atoms with Crippen LogP contribution >= 0.6 is 0 Å². The van der Waals surface area contributed by atoms with Gasteiger partial charge < -0.3 is 10.6 Å². The highest BCUT2D eigenvalue weighted by molar-refractivity contribution is 6.11. The van der Waals surface area contributed by atoms with Gasteiger partial charge in [-0.25, -0.2) is 0 Å². The van der Waals surface area contributed by atoms with Crippen molar-refractivity contribution in [2.24, 2.45) is 5.92 Å². The predicted molar refractivity (Wildman–Crippen MR) is 118 cm³/mol. The Morgan fingerprint density at radius 3 is 2.38 bits per heavy atom. The molecule has 34 heavy (non-hydrogen) atoms. The number of aromatic amines is 1. The minimum atomic E-state index is -4.58. The van der Waals surface area contributed by atoms with E-state index in [1.54, 1.807) is 30.6 Å². The highest BCUT2D eigenvalue weighted by atomic mass is 19.4. The number of nitrogens with one attached hydrogen (secondary N) is 3. The van der Waals surface area contributed by atoms with Gasteiger partial charge in [-0.05, 0) is 42.7 Å². The average molecular weight is 466 g/mol. The van der Waals surface area contributed by atoms with Gasteiger partial charge in [0.25, 0.3) is 5.91 Å². The summed E-state index contributed by atoms with van der Waals surface area (Å²) < 4.78 is 38.8. The van der Waals surface area contributed by atoms with E-state index in [-0.39, 0.29) is 23.2 Å². The van der Waals surface area contributed by atoms with E-state index in [0.29, 0.717) is 28.4 Å². The normalized spacial score (nSPS) is 13.6. The fourth-order valence-corrected chi connectivity index (χ4v) is 3.48. The fourth-order valence-electron chi connectivity index (χ4n) is 3.48. The Labute approximate surface area is 190 Å². The number of benzene rings is 1. The first-order chi connectivity index (χ1) is 16.3. The Morgan fingerprint density at radius 2 is 1.65 bits per heavy atom. The predicted octanol–water partition coefficient (Wildman–Crippen LogP) is 4.64. The van der Waals surface area contributed by atoms with E-state index in [4.69, 9.17) is 0 Å². The number of pyridine rings is 2. The summed E-state index contributed by atoms with van der Waals surface area (Å²) in [7, 11) is 0. The summed E-state index contributed by atoms with van der Waals surface area (Å²) >= 11 is 0. The van der Waals surface area contributed by atoms with E-state index in [9.17, 15) is 22.8 Å². The highest BCUT2D eigenvalue weighted by Crippen LogP contribution is 2.32. The number of amides is 2. The van der Waals surface area contributed by atoms with Crippen LogP contribution in [0.4, 0.5) is 24.5 Å². The number of aromatic nitrogens is 4. The number of carbonyl (C=O) groups is 2. The Morgan fingerprint density at radius 1 is 0.912 bits per heavy atom. The number of alkyl halides is 3. The van der Waals surface area contributed by atoms with Crippen LogP contribution in [0.2, 0.25) is 0 Å². The maximum absolute atomic E-state index is 12.9. The molecule has 1 saturated carbocycles. The van der Waals surface area contributed by atoms with E-state index >= 15 is 0 Å². The van der Waals surface area contributed by atoms with Crippen molar-refractivity contribution in [3.63, 3.8) is 0 Å². The molecule has 1 fully saturated rings. The molecule has 0 unspecified atom stereocenters. The molecule has 3 heterocycles. The summed E-state index contributed by atoms with van der Waals surface area (Å²) in [6.07, 6.45) is 2.18. The van der Waals surface area contributed by atoms with Gasteiger partial charge in [-0.2, -0.15) is 18.3 Å². The molecule has 5 rings (SSSR count). The van der Waals surface area contributed by atoms with Gasteiger partial charge in [0.1, 0.15) is 0 Å². The maximum atomic E-state index is 12.9. The zero-order chi connectivity index (χ0) is 23.9. The quantitative estimate of drug-likeness (QED) is 0.397. The van der Waals surface area contributed by atoms with Crippen LogP contribution in [0.5, 0.6) is 0 Å². The molecular formula is C23H17F3N6O2. The third kappa shape index (κ3) is 4.45. The number of fused-ring (bicyclic) bond motifs is 1. The van der Waals surface area contributed by atoms with Crippen LogP contribution in [0, 0.1) is 5.92 Å². The summed E-state index contributed by atoms with van der Waals surface area (Å²) in [6.45, 7) is 0. The molecule has 0 bridgehead atoms. The first-order valence-electron chi connectivity index (χ1n) is 10.4. The standard InChI is InChI=1S/C23H17F3N6O2/c24-23(25,26)15-7-17(11-28-9-15)30-22(34)20-18-6-13(3-4-19(18)31-32-20)14-5-16(10-27-8-14)29-21(33)12-1-2-12/h3-12H,1-2H2,(H,29,33)(H,30,34)(H,31,32). The maximum Gasteiger partial charge on any atom is 0.417 e. The second-order valence-electron chi connectivity index (χ2n) is 7.97. The lowest BCUT2D eigenvalue weighted by atomic mass is 10.0. The van der Waals surface area contributed by atoms with Crippen molar-refractivity contribution in [3.05, 3.63) is 66.4 Å². The third-order valence-corrected chi connectivity index (χ3v) is 5.39. The second-order valence-corrected chi connectivity index (χ2v) is 7.97. The van der Waals surface area contributed by atoms with Gasteiger partial charge in [0.05, 0.1) is 34.8 Å². The van der Waals surface area contributed by atoms with Crippen LogP contribution in [-0.4, -0.2) is 32.0 Å². The van der Waals surface area contributed by atoms with Gasteiger partial charge in [0.15, 0.2) is 5.69 Å². The van der Waals surface area contributed by atoms with Gasteiger partial charge in [0.2, 0.25) is 5.91 Å². The van der Waals surface area contributed by atoms with Gasteiger partial charge >= 0.3 is 6.18 Å². The van der Waals surface area contributed by atoms with Crippen LogP contribution in [0.15, 0.2) is 55.1 Å². The van der Waals surface area contributed by atoms with E-state index in [1.165, 1.54) is 0 Å². The van der Waals surface area contributed by atoms with Crippen molar-refractivity contribution in [2.75, 3.05) is 10.6 Å². The molecular weight excluding hydrogens is 449 g/mol. The first-order valence-corrected chi connectivity index (χ1v) is 10.4.